The summed E-state index contributed by atoms with van der Waals surface area (Å²) < 4.78 is 0. The number of amides is 1. The smallest absolute Gasteiger partial charge is 0.222 e. The lowest BCUT2D eigenvalue weighted by atomic mass is 9.92. The predicted octanol–water partition coefficient (Wildman–Crippen LogP) is 0.843. The molecule has 0 saturated carbocycles. The van der Waals surface area contributed by atoms with Crippen molar-refractivity contribution in [1.82, 2.24) is 9.80 Å². The topological polar surface area (TPSA) is 64.0 Å². The quantitative estimate of drug-likeness (QED) is 0.789. The van der Waals surface area contributed by atoms with Gasteiger partial charge in [-0.1, -0.05) is 6.92 Å². The maximum absolute atomic E-state index is 11.9. The highest BCUT2D eigenvalue weighted by atomic mass is 16.3. The minimum absolute atomic E-state index is 0.105. The van der Waals surface area contributed by atoms with Crippen LogP contribution in [0.2, 0.25) is 0 Å². The second-order valence-electron chi connectivity index (χ2n) is 6.58. The molecule has 1 amide bonds. The van der Waals surface area contributed by atoms with Gasteiger partial charge in [-0.15, -0.1) is 0 Å². The maximum Gasteiger partial charge on any atom is 0.222 e. The fraction of sp³-hybridized carbons (Fsp3) is 0.938. The van der Waals surface area contributed by atoms with E-state index in [1.807, 2.05) is 11.8 Å². The number of nitrogens with zero attached hydrogens (tertiary/aromatic N) is 2. The Kier molecular flexibility index (Phi) is 6.45. The molecule has 2 aliphatic heterocycles. The normalized spacial score (nSPS) is 28.8. The van der Waals surface area contributed by atoms with Crippen molar-refractivity contribution < 1.29 is 15.0 Å². The van der Waals surface area contributed by atoms with Gasteiger partial charge in [-0.25, -0.2) is 0 Å². The summed E-state index contributed by atoms with van der Waals surface area (Å²) in [7, 11) is 0. The van der Waals surface area contributed by atoms with Crippen LogP contribution in [0.4, 0.5) is 0 Å². The first-order chi connectivity index (χ1) is 10.1. The Labute approximate surface area is 127 Å². The van der Waals surface area contributed by atoms with E-state index in [9.17, 15) is 15.0 Å². The van der Waals surface area contributed by atoms with E-state index in [1.165, 1.54) is 0 Å². The van der Waals surface area contributed by atoms with Gasteiger partial charge in [0.2, 0.25) is 5.91 Å². The third-order valence-electron chi connectivity index (χ3n) is 4.94. The lowest BCUT2D eigenvalue weighted by Gasteiger charge is -2.41. The van der Waals surface area contributed by atoms with E-state index in [1.54, 1.807) is 0 Å². The van der Waals surface area contributed by atoms with Crippen LogP contribution < -0.4 is 0 Å². The summed E-state index contributed by atoms with van der Waals surface area (Å²) in [5.41, 5.74) is 0. The van der Waals surface area contributed by atoms with Crippen LogP contribution in [0.3, 0.4) is 0 Å². The minimum atomic E-state index is -0.257. The molecule has 0 aromatic heterocycles. The van der Waals surface area contributed by atoms with Crippen molar-refractivity contribution in [2.24, 2.45) is 5.92 Å². The average Bonchev–Trinajstić information content (AvgIpc) is 2.50. The number of aliphatic hydroxyl groups excluding tert-OH is 2. The van der Waals surface area contributed by atoms with Gasteiger partial charge in [0.05, 0.1) is 12.7 Å². The van der Waals surface area contributed by atoms with Crippen LogP contribution in [-0.4, -0.2) is 70.9 Å². The first-order valence-electron chi connectivity index (χ1n) is 8.44. The Morgan fingerprint density at radius 1 is 1.19 bits per heavy atom. The molecular formula is C16H30N2O3. The minimum Gasteiger partial charge on any atom is -0.395 e. The highest BCUT2D eigenvalue weighted by Gasteiger charge is 2.30. The summed E-state index contributed by atoms with van der Waals surface area (Å²) in [6.45, 7) is 5.80. The molecule has 2 fully saturated rings. The summed E-state index contributed by atoms with van der Waals surface area (Å²) in [6.07, 6.45) is 4.95. The molecule has 2 saturated heterocycles. The third-order valence-corrected chi connectivity index (χ3v) is 4.94. The SMILES string of the molecule is CCCC(=O)N1CCC(CN2CCC(O)CC2CO)CC1. The van der Waals surface area contributed by atoms with E-state index in [2.05, 4.69) is 4.90 Å². The van der Waals surface area contributed by atoms with Gasteiger partial charge >= 0.3 is 0 Å². The van der Waals surface area contributed by atoms with Crippen molar-refractivity contribution in [2.45, 2.75) is 57.6 Å². The molecule has 0 aliphatic carbocycles. The second kappa shape index (κ2) is 8.11. The van der Waals surface area contributed by atoms with E-state index in [4.69, 9.17) is 0 Å². The molecular weight excluding hydrogens is 268 g/mol. The number of hydrogen-bond donors (Lipinski definition) is 2. The molecule has 2 N–H and O–H groups in total. The molecule has 2 atom stereocenters. The van der Waals surface area contributed by atoms with Gasteiger partial charge < -0.3 is 15.1 Å². The van der Waals surface area contributed by atoms with Crippen molar-refractivity contribution >= 4 is 5.91 Å². The molecule has 5 nitrogen and oxygen atoms in total. The van der Waals surface area contributed by atoms with Crippen LogP contribution in [-0.2, 0) is 4.79 Å². The molecule has 2 heterocycles. The van der Waals surface area contributed by atoms with E-state index >= 15 is 0 Å². The van der Waals surface area contributed by atoms with Crippen molar-refractivity contribution in [1.29, 1.82) is 0 Å². The highest BCUT2D eigenvalue weighted by Crippen LogP contribution is 2.24. The summed E-state index contributed by atoms with van der Waals surface area (Å²) in [5.74, 6) is 0.908. The molecule has 21 heavy (non-hydrogen) atoms. The Morgan fingerprint density at radius 3 is 2.52 bits per heavy atom. The zero-order chi connectivity index (χ0) is 15.2. The highest BCUT2D eigenvalue weighted by molar-refractivity contribution is 5.76. The van der Waals surface area contributed by atoms with Crippen LogP contribution in [0.5, 0.6) is 0 Å². The van der Waals surface area contributed by atoms with Crippen LogP contribution in [0.25, 0.3) is 0 Å². The molecule has 5 heteroatoms. The zero-order valence-corrected chi connectivity index (χ0v) is 13.2. The van der Waals surface area contributed by atoms with Gasteiger partial charge in [0.15, 0.2) is 0 Å². The standard InChI is InChI=1S/C16H30N2O3/c1-2-3-16(21)17-7-4-13(5-8-17)11-18-9-6-15(20)10-14(18)12-19/h13-15,19-20H,2-12H2,1H3. The molecule has 122 valence electrons. The average molecular weight is 298 g/mol. The summed E-state index contributed by atoms with van der Waals surface area (Å²) in [4.78, 5) is 16.2. The van der Waals surface area contributed by atoms with Crippen molar-refractivity contribution in [3.05, 3.63) is 0 Å². The molecule has 2 aliphatic rings. The van der Waals surface area contributed by atoms with E-state index in [-0.39, 0.29) is 18.8 Å². The largest absolute Gasteiger partial charge is 0.395 e. The van der Waals surface area contributed by atoms with Crippen molar-refractivity contribution in [3.63, 3.8) is 0 Å². The predicted molar refractivity (Wildman–Crippen MR) is 81.9 cm³/mol. The molecule has 0 spiro atoms. The molecule has 2 rings (SSSR count). The summed E-state index contributed by atoms with van der Waals surface area (Å²) in [5, 5.41) is 19.2. The second-order valence-corrected chi connectivity index (χ2v) is 6.58. The first-order valence-corrected chi connectivity index (χ1v) is 8.44. The van der Waals surface area contributed by atoms with Crippen molar-refractivity contribution in [3.8, 4) is 0 Å². The summed E-state index contributed by atoms with van der Waals surface area (Å²) in [6, 6.07) is 0.105. The van der Waals surface area contributed by atoms with Gasteiger partial charge in [-0.2, -0.15) is 0 Å². The number of likely N-dealkylation sites (tertiary alicyclic amines) is 2. The number of aliphatic hydroxyl groups is 2. The van der Waals surface area contributed by atoms with Crippen LogP contribution in [0, 0.1) is 5.92 Å². The molecule has 0 radical (unpaired) electrons. The maximum atomic E-state index is 11.9. The third kappa shape index (κ3) is 4.66. The van der Waals surface area contributed by atoms with Crippen molar-refractivity contribution in [2.75, 3.05) is 32.8 Å². The fourth-order valence-electron chi connectivity index (χ4n) is 3.58. The van der Waals surface area contributed by atoms with Crippen LogP contribution in [0.15, 0.2) is 0 Å². The lowest BCUT2D eigenvalue weighted by Crippen LogP contribution is -2.49. The number of carbonyl (C=O) groups is 1. The number of rotatable bonds is 5. The number of piperidine rings is 2. The Hall–Kier alpha value is -0.650. The Balaban J connectivity index is 1.76. The van der Waals surface area contributed by atoms with E-state index in [0.29, 0.717) is 24.7 Å². The van der Waals surface area contributed by atoms with E-state index < -0.39 is 0 Å². The van der Waals surface area contributed by atoms with Gasteiger partial charge in [0, 0.05) is 38.6 Å². The molecule has 0 aromatic rings. The Morgan fingerprint density at radius 2 is 1.90 bits per heavy atom. The lowest BCUT2D eigenvalue weighted by molar-refractivity contribution is -0.132. The molecule has 2 unspecified atom stereocenters. The van der Waals surface area contributed by atoms with Gasteiger partial charge in [-0.3, -0.25) is 9.69 Å². The number of hydrogen-bond acceptors (Lipinski definition) is 4. The number of carbonyl (C=O) groups excluding carboxylic acids is 1. The van der Waals surface area contributed by atoms with Gasteiger partial charge in [0.1, 0.15) is 0 Å². The van der Waals surface area contributed by atoms with Crippen LogP contribution >= 0.6 is 0 Å². The first kappa shape index (κ1) is 16.7. The monoisotopic (exact) mass is 298 g/mol. The fourth-order valence-corrected chi connectivity index (χ4v) is 3.58. The Bertz CT molecular complexity index is 329. The summed E-state index contributed by atoms with van der Waals surface area (Å²) >= 11 is 0. The van der Waals surface area contributed by atoms with Gasteiger partial charge in [-0.05, 0) is 38.0 Å². The van der Waals surface area contributed by atoms with Crippen LogP contribution in [0.1, 0.15) is 45.4 Å². The molecule has 0 aromatic carbocycles. The molecule has 0 bridgehead atoms. The van der Waals surface area contributed by atoms with E-state index in [0.717, 1.165) is 51.9 Å². The van der Waals surface area contributed by atoms with Gasteiger partial charge in [0.25, 0.3) is 0 Å². The zero-order valence-electron chi connectivity index (χ0n) is 13.2.